The number of ether oxygens (including phenoxy) is 1. The van der Waals surface area contributed by atoms with Gasteiger partial charge >= 0.3 is 0 Å². The smallest absolute Gasteiger partial charge is 0.258 e. The van der Waals surface area contributed by atoms with Crippen molar-refractivity contribution >= 4 is 11.5 Å². The molecule has 4 nitrogen and oxygen atoms in total. The summed E-state index contributed by atoms with van der Waals surface area (Å²) in [5.74, 6) is 0.657. The largest absolute Gasteiger partial charge is 0.509 e. The third-order valence-corrected chi connectivity index (χ3v) is 4.14. The molecule has 0 aliphatic carbocycles. The molecule has 1 aliphatic rings. The van der Waals surface area contributed by atoms with Crippen LogP contribution in [0.2, 0.25) is 0 Å². The van der Waals surface area contributed by atoms with Gasteiger partial charge in [0, 0.05) is 12.6 Å². The van der Waals surface area contributed by atoms with Gasteiger partial charge in [-0.3, -0.25) is 4.79 Å². The van der Waals surface area contributed by atoms with Gasteiger partial charge in [0.2, 0.25) is 0 Å². The molecule has 0 spiro atoms. The molecule has 1 N–H and O–H groups in total. The van der Waals surface area contributed by atoms with Crippen LogP contribution in [-0.4, -0.2) is 36.1 Å². The Bertz CT molecular complexity index is 579. The standard InChI is InChI=1S/C17H23NO3/c1-6-11-8-10(3)9-13(21-5)14(11)15-16(19)12(7-2)18(4)17(15)20/h8-9,12,19H,6-7H2,1-5H3. The van der Waals surface area contributed by atoms with Crippen molar-refractivity contribution in [1.29, 1.82) is 0 Å². The van der Waals surface area contributed by atoms with Gasteiger partial charge in [0.1, 0.15) is 11.5 Å². The van der Waals surface area contributed by atoms with E-state index in [1.165, 1.54) is 0 Å². The molecule has 1 heterocycles. The molecule has 1 aromatic rings. The van der Waals surface area contributed by atoms with E-state index in [4.69, 9.17) is 4.74 Å². The van der Waals surface area contributed by atoms with Crippen molar-refractivity contribution in [2.24, 2.45) is 0 Å². The van der Waals surface area contributed by atoms with E-state index in [2.05, 4.69) is 0 Å². The second-order valence-corrected chi connectivity index (χ2v) is 5.46. The molecule has 0 radical (unpaired) electrons. The van der Waals surface area contributed by atoms with Crippen molar-refractivity contribution in [2.75, 3.05) is 14.2 Å². The van der Waals surface area contributed by atoms with Crippen molar-refractivity contribution in [2.45, 2.75) is 39.7 Å². The molecule has 114 valence electrons. The lowest BCUT2D eigenvalue weighted by Gasteiger charge is -2.18. The van der Waals surface area contributed by atoms with Crippen molar-refractivity contribution in [1.82, 2.24) is 4.90 Å². The number of hydrogen-bond donors (Lipinski definition) is 1. The summed E-state index contributed by atoms with van der Waals surface area (Å²) in [6.07, 6.45) is 1.46. The van der Waals surface area contributed by atoms with Gasteiger partial charge < -0.3 is 14.7 Å². The highest BCUT2D eigenvalue weighted by molar-refractivity contribution is 6.23. The first-order chi connectivity index (χ1) is 9.96. The number of aliphatic hydroxyl groups is 1. The first kappa shape index (κ1) is 15.4. The van der Waals surface area contributed by atoms with Crippen LogP contribution in [0.25, 0.3) is 5.57 Å². The monoisotopic (exact) mass is 289 g/mol. The molecule has 0 saturated carbocycles. The lowest BCUT2D eigenvalue weighted by Crippen LogP contribution is -2.31. The Morgan fingerprint density at radius 2 is 2.00 bits per heavy atom. The molecule has 4 heteroatoms. The molecule has 2 rings (SSSR count). The summed E-state index contributed by atoms with van der Waals surface area (Å²) in [5.41, 5.74) is 3.22. The van der Waals surface area contributed by atoms with Crippen LogP contribution in [0.4, 0.5) is 0 Å². The van der Waals surface area contributed by atoms with Gasteiger partial charge in [-0.05, 0) is 37.0 Å². The maximum Gasteiger partial charge on any atom is 0.258 e. The SMILES string of the molecule is CCc1cc(C)cc(OC)c1C1=C(O)C(CC)N(C)C1=O. The van der Waals surface area contributed by atoms with Gasteiger partial charge in [-0.1, -0.05) is 19.9 Å². The van der Waals surface area contributed by atoms with Crippen molar-refractivity contribution in [3.8, 4) is 5.75 Å². The first-order valence-corrected chi connectivity index (χ1v) is 7.34. The van der Waals surface area contributed by atoms with Crippen molar-refractivity contribution in [3.05, 3.63) is 34.6 Å². The fourth-order valence-electron chi connectivity index (χ4n) is 3.03. The molecule has 0 aromatic heterocycles. The highest BCUT2D eigenvalue weighted by atomic mass is 16.5. The van der Waals surface area contributed by atoms with E-state index in [-0.39, 0.29) is 17.7 Å². The maximum atomic E-state index is 12.6. The van der Waals surface area contributed by atoms with Gasteiger partial charge in [-0.15, -0.1) is 0 Å². The summed E-state index contributed by atoms with van der Waals surface area (Å²) in [4.78, 5) is 14.2. The minimum absolute atomic E-state index is 0.142. The van der Waals surface area contributed by atoms with E-state index in [0.717, 1.165) is 23.1 Å². The Morgan fingerprint density at radius 3 is 2.48 bits per heavy atom. The summed E-state index contributed by atoms with van der Waals surface area (Å²) in [6.45, 7) is 5.99. The average molecular weight is 289 g/mol. The van der Waals surface area contributed by atoms with E-state index in [9.17, 15) is 9.90 Å². The fourth-order valence-corrected chi connectivity index (χ4v) is 3.03. The topological polar surface area (TPSA) is 49.8 Å². The Morgan fingerprint density at radius 1 is 1.33 bits per heavy atom. The van der Waals surface area contributed by atoms with Crippen LogP contribution in [0, 0.1) is 6.92 Å². The van der Waals surface area contributed by atoms with Crippen LogP contribution in [0.1, 0.15) is 37.0 Å². The number of amides is 1. The Labute approximate surface area is 126 Å². The molecule has 21 heavy (non-hydrogen) atoms. The second kappa shape index (κ2) is 5.80. The van der Waals surface area contributed by atoms with Gasteiger partial charge in [0.15, 0.2) is 0 Å². The zero-order valence-electron chi connectivity index (χ0n) is 13.4. The number of likely N-dealkylation sites (N-methyl/N-ethyl adjacent to an activating group) is 1. The Hall–Kier alpha value is -1.97. The predicted molar refractivity (Wildman–Crippen MR) is 83.5 cm³/mol. The number of carbonyl (C=O) groups is 1. The zero-order valence-corrected chi connectivity index (χ0v) is 13.4. The first-order valence-electron chi connectivity index (χ1n) is 7.34. The number of benzene rings is 1. The second-order valence-electron chi connectivity index (χ2n) is 5.46. The number of rotatable bonds is 4. The molecular weight excluding hydrogens is 266 g/mol. The minimum atomic E-state index is -0.247. The van der Waals surface area contributed by atoms with Gasteiger partial charge in [-0.25, -0.2) is 0 Å². The number of methoxy groups -OCH3 is 1. The third-order valence-electron chi connectivity index (χ3n) is 4.14. The van der Waals surface area contributed by atoms with E-state index in [0.29, 0.717) is 17.7 Å². The fraction of sp³-hybridized carbons (Fsp3) is 0.471. The van der Waals surface area contributed by atoms with Crippen LogP contribution in [0.3, 0.4) is 0 Å². The number of nitrogens with zero attached hydrogens (tertiary/aromatic N) is 1. The average Bonchev–Trinajstić information content (AvgIpc) is 2.68. The van der Waals surface area contributed by atoms with Crippen molar-refractivity contribution in [3.63, 3.8) is 0 Å². The molecule has 1 unspecified atom stereocenters. The molecule has 1 amide bonds. The van der Waals surface area contributed by atoms with Crippen molar-refractivity contribution < 1.29 is 14.6 Å². The summed E-state index contributed by atoms with van der Waals surface area (Å²) < 4.78 is 5.47. The highest BCUT2D eigenvalue weighted by Crippen LogP contribution is 2.39. The molecule has 0 saturated heterocycles. The van der Waals surface area contributed by atoms with Gasteiger partial charge in [-0.2, -0.15) is 0 Å². The minimum Gasteiger partial charge on any atom is -0.509 e. The zero-order chi connectivity index (χ0) is 15.7. The molecule has 0 bridgehead atoms. The van der Waals surface area contributed by atoms with E-state index < -0.39 is 0 Å². The summed E-state index contributed by atoms with van der Waals surface area (Å²) in [5, 5.41) is 10.5. The number of hydrogen-bond acceptors (Lipinski definition) is 3. The van der Waals surface area contributed by atoms with E-state index in [1.54, 1.807) is 19.1 Å². The van der Waals surface area contributed by atoms with Crippen LogP contribution in [-0.2, 0) is 11.2 Å². The lowest BCUT2D eigenvalue weighted by atomic mass is 9.94. The normalized spacial score (nSPS) is 18.6. The molecule has 1 aromatic carbocycles. The predicted octanol–water partition coefficient (Wildman–Crippen LogP) is 3.09. The van der Waals surface area contributed by atoms with E-state index >= 15 is 0 Å². The third kappa shape index (κ3) is 2.39. The van der Waals surface area contributed by atoms with E-state index in [1.807, 2.05) is 32.9 Å². The summed E-state index contributed by atoms with van der Waals surface area (Å²) in [7, 11) is 3.32. The Balaban J connectivity index is 2.71. The summed E-state index contributed by atoms with van der Waals surface area (Å²) >= 11 is 0. The van der Waals surface area contributed by atoms with Crippen LogP contribution < -0.4 is 4.74 Å². The molecule has 1 atom stereocenters. The number of carbonyl (C=O) groups excluding carboxylic acids is 1. The molecular formula is C17H23NO3. The Kier molecular flexibility index (Phi) is 4.26. The molecule has 1 aliphatic heterocycles. The molecule has 0 fully saturated rings. The van der Waals surface area contributed by atoms with Gasteiger partial charge in [0.05, 0.1) is 18.7 Å². The van der Waals surface area contributed by atoms with Crippen LogP contribution in [0.5, 0.6) is 5.75 Å². The summed E-state index contributed by atoms with van der Waals surface area (Å²) in [6, 6.07) is 3.70. The van der Waals surface area contributed by atoms with Gasteiger partial charge in [0.25, 0.3) is 5.91 Å². The highest BCUT2D eigenvalue weighted by Gasteiger charge is 2.38. The quantitative estimate of drug-likeness (QED) is 0.926. The van der Waals surface area contributed by atoms with Crippen LogP contribution in [0.15, 0.2) is 17.9 Å². The lowest BCUT2D eigenvalue weighted by molar-refractivity contribution is -0.124. The number of aliphatic hydroxyl groups excluding tert-OH is 1. The van der Waals surface area contributed by atoms with Crippen LogP contribution >= 0.6 is 0 Å². The number of aryl methyl sites for hydroxylation is 2. The maximum absolute atomic E-state index is 12.6.